The van der Waals surface area contributed by atoms with Gasteiger partial charge in [-0.1, -0.05) is 19.3 Å². The van der Waals surface area contributed by atoms with Crippen molar-refractivity contribution in [3.63, 3.8) is 0 Å². The van der Waals surface area contributed by atoms with Crippen LogP contribution in [0.15, 0.2) is 0 Å². The Morgan fingerprint density at radius 2 is 1.89 bits per heavy atom. The van der Waals surface area contributed by atoms with Crippen molar-refractivity contribution in [2.45, 2.75) is 57.4 Å². The van der Waals surface area contributed by atoms with E-state index >= 15 is 0 Å². The summed E-state index contributed by atoms with van der Waals surface area (Å²) in [6.45, 7) is 3.16. The summed E-state index contributed by atoms with van der Waals surface area (Å²) in [7, 11) is 1.95. The minimum Gasteiger partial charge on any atom is -0.481 e. The molecule has 5 nitrogen and oxygen atoms in total. The third-order valence-electron chi connectivity index (χ3n) is 4.12. The molecule has 0 aliphatic heterocycles. The molecule has 0 aromatic heterocycles. The van der Waals surface area contributed by atoms with E-state index in [2.05, 4.69) is 10.2 Å². The smallest absolute Gasteiger partial charge is 0.305 e. The van der Waals surface area contributed by atoms with Crippen molar-refractivity contribution in [1.82, 2.24) is 10.2 Å². The van der Waals surface area contributed by atoms with Crippen LogP contribution in [0.25, 0.3) is 0 Å². The molecular formula is C14H26N2O3. The quantitative estimate of drug-likeness (QED) is 0.737. The van der Waals surface area contributed by atoms with E-state index in [4.69, 9.17) is 5.11 Å². The molecule has 2 N–H and O–H groups in total. The van der Waals surface area contributed by atoms with Gasteiger partial charge in [0, 0.05) is 25.0 Å². The normalized spacial score (nSPS) is 18.3. The fourth-order valence-corrected chi connectivity index (χ4v) is 2.98. The molecule has 1 amide bonds. The molecule has 5 heteroatoms. The highest BCUT2D eigenvalue weighted by Gasteiger charge is 2.37. The van der Waals surface area contributed by atoms with Crippen LogP contribution in [0.3, 0.4) is 0 Å². The summed E-state index contributed by atoms with van der Waals surface area (Å²) in [6.07, 6.45) is 5.81. The molecule has 0 saturated heterocycles. The zero-order valence-electron chi connectivity index (χ0n) is 12.1. The Hall–Kier alpha value is -1.10. The predicted octanol–water partition coefficient (Wildman–Crippen LogP) is 1.62. The van der Waals surface area contributed by atoms with Crippen molar-refractivity contribution >= 4 is 11.9 Å². The number of carbonyl (C=O) groups is 2. The molecule has 0 atom stereocenters. The van der Waals surface area contributed by atoms with Crippen LogP contribution in [0.2, 0.25) is 0 Å². The highest BCUT2D eigenvalue weighted by molar-refractivity contribution is 5.76. The van der Waals surface area contributed by atoms with Gasteiger partial charge in [-0.2, -0.15) is 0 Å². The minimum atomic E-state index is -0.744. The summed E-state index contributed by atoms with van der Waals surface area (Å²) >= 11 is 0. The highest BCUT2D eigenvalue weighted by atomic mass is 16.4. The average molecular weight is 270 g/mol. The number of amides is 1. The van der Waals surface area contributed by atoms with Gasteiger partial charge in [0.2, 0.25) is 5.91 Å². The first kappa shape index (κ1) is 16.0. The van der Waals surface area contributed by atoms with Crippen LogP contribution in [-0.2, 0) is 9.59 Å². The van der Waals surface area contributed by atoms with Crippen LogP contribution in [0.5, 0.6) is 0 Å². The molecule has 1 aliphatic rings. The van der Waals surface area contributed by atoms with Crippen molar-refractivity contribution in [3.8, 4) is 0 Å². The van der Waals surface area contributed by atoms with Crippen molar-refractivity contribution in [3.05, 3.63) is 0 Å². The first-order valence-corrected chi connectivity index (χ1v) is 7.20. The Labute approximate surface area is 115 Å². The third-order valence-corrected chi connectivity index (χ3v) is 4.12. The van der Waals surface area contributed by atoms with Crippen LogP contribution in [0.4, 0.5) is 0 Å². The Bertz CT molecular complexity index is 312. The Kier molecular flexibility index (Phi) is 6.28. The number of nitrogens with one attached hydrogen (secondary N) is 1. The molecular weight excluding hydrogens is 244 g/mol. The molecule has 1 rings (SSSR count). The molecule has 0 spiro atoms. The lowest BCUT2D eigenvalue weighted by Gasteiger charge is -2.44. The molecule has 0 aromatic rings. The van der Waals surface area contributed by atoms with Crippen molar-refractivity contribution in [2.75, 3.05) is 20.1 Å². The van der Waals surface area contributed by atoms with Gasteiger partial charge in [0.05, 0.1) is 6.42 Å². The first-order valence-electron chi connectivity index (χ1n) is 7.20. The van der Waals surface area contributed by atoms with Crippen molar-refractivity contribution in [1.29, 1.82) is 0 Å². The lowest BCUT2D eigenvalue weighted by molar-refractivity contribution is -0.141. The predicted molar refractivity (Wildman–Crippen MR) is 74.0 cm³/mol. The Morgan fingerprint density at radius 3 is 2.42 bits per heavy atom. The Balaban J connectivity index is 2.58. The van der Waals surface area contributed by atoms with Crippen LogP contribution in [-0.4, -0.2) is 47.6 Å². The number of carboxylic acid groups (broad SMARTS) is 1. The molecule has 1 aliphatic carbocycles. The number of aliphatic carboxylic acids is 1. The summed E-state index contributed by atoms with van der Waals surface area (Å²) in [5.41, 5.74) is -0.253. The maximum atomic E-state index is 11.5. The number of nitrogens with zero attached hydrogens (tertiary/aromatic N) is 1. The van der Waals surface area contributed by atoms with E-state index in [0.29, 0.717) is 19.5 Å². The van der Waals surface area contributed by atoms with E-state index < -0.39 is 5.97 Å². The van der Waals surface area contributed by atoms with E-state index in [1.165, 1.54) is 6.42 Å². The standard InChI is InChI=1S/C14H26N2O3/c1-3-15-12(17)7-10-16(2)14(11-13(18)19)8-5-4-6-9-14/h3-11H2,1-2H3,(H,15,17)(H,18,19). The van der Waals surface area contributed by atoms with E-state index in [1.54, 1.807) is 0 Å². The highest BCUT2D eigenvalue weighted by Crippen LogP contribution is 2.35. The molecule has 19 heavy (non-hydrogen) atoms. The second-order valence-corrected chi connectivity index (χ2v) is 5.48. The Morgan fingerprint density at radius 1 is 1.26 bits per heavy atom. The van der Waals surface area contributed by atoms with E-state index in [1.807, 2.05) is 14.0 Å². The summed E-state index contributed by atoms with van der Waals surface area (Å²) in [5, 5.41) is 11.9. The van der Waals surface area contributed by atoms with Crippen LogP contribution in [0, 0.1) is 0 Å². The molecule has 0 aromatic carbocycles. The van der Waals surface area contributed by atoms with Crippen molar-refractivity contribution < 1.29 is 14.7 Å². The third kappa shape index (κ3) is 4.82. The monoisotopic (exact) mass is 270 g/mol. The summed E-state index contributed by atoms with van der Waals surface area (Å²) in [6, 6.07) is 0. The average Bonchev–Trinajstić information content (AvgIpc) is 2.36. The van der Waals surface area contributed by atoms with Crippen LogP contribution >= 0.6 is 0 Å². The minimum absolute atomic E-state index is 0.0376. The molecule has 0 radical (unpaired) electrons. The SMILES string of the molecule is CCNC(=O)CCN(C)C1(CC(=O)O)CCCCC1. The van der Waals surface area contributed by atoms with Gasteiger partial charge in [0.1, 0.15) is 0 Å². The summed E-state index contributed by atoms with van der Waals surface area (Å²) < 4.78 is 0. The second kappa shape index (κ2) is 7.48. The molecule has 0 bridgehead atoms. The maximum Gasteiger partial charge on any atom is 0.305 e. The van der Waals surface area contributed by atoms with Crippen LogP contribution < -0.4 is 5.32 Å². The lowest BCUT2D eigenvalue weighted by Crippen LogP contribution is -2.50. The van der Waals surface area contributed by atoms with E-state index in [-0.39, 0.29) is 17.9 Å². The number of hydrogen-bond donors (Lipinski definition) is 2. The van der Waals surface area contributed by atoms with Gasteiger partial charge in [-0.05, 0) is 26.8 Å². The number of rotatable bonds is 7. The zero-order valence-corrected chi connectivity index (χ0v) is 12.1. The molecule has 0 heterocycles. The summed E-state index contributed by atoms with van der Waals surface area (Å²) in [5.74, 6) is -0.706. The second-order valence-electron chi connectivity index (χ2n) is 5.48. The van der Waals surface area contributed by atoms with Gasteiger partial charge in [0.15, 0.2) is 0 Å². The number of carboxylic acids is 1. The molecule has 0 unspecified atom stereocenters. The topological polar surface area (TPSA) is 69.6 Å². The molecule has 1 saturated carbocycles. The van der Waals surface area contributed by atoms with E-state index in [9.17, 15) is 9.59 Å². The fraction of sp³-hybridized carbons (Fsp3) is 0.857. The number of hydrogen-bond acceptors (Lipinski definition) is 3. The van der Waals surface area contributed by atoms with Gasteiger partial charge in [-0.15, -0.1) is 0 Å². The largest absolute Gasteiger partial charge is 0.481 e. The first-order chi connectivity index (χ1) is 9.00. The van der Waals surface area contributed by atoms with Crippen LogP contribution in [0.1, 0.15) is 51.9 Å². The lowest BCUT2D eigenvalue weighted by atomic mass is 9.78. The van der Waals surface area contributed by atoms with Gasteiger partial charge in [0.25, 0.3) is 0 Å². The fourth-order valence-electron chi connectivity index (χ4n) is 2.98. The number of carbonyl (C=O) groups excluding carboxylic acids is 1. The molecule has 110 valence electrons. The van der Waals surface area contributed by atoms with E-state index in [0.717, 1.165) is 25.7 Å². The maximum absolute atomic E-state index is 11.5. The van der Waals surface area contributed by atoms with Gasteiger partial charge in [-0.25, -0.2) is 0 Å². The van der Waals surface area contributed by atoms with Gasteiger partial charge >= 0.3 is 5.97 Å². The van der Waals surface area contributed by atoms with Crippen molar-refractivity contribution in [2.24, 2.45) is 0 Å². The van der Waals surface area contributed by atoms with Gasteiger partial charge in [-0.3, -0.25) is 14.5 Å². The zero-order chi connectivity index (χ0) is 14.3. The molecule has 1 fully saturated rings. The van der Waals surface area contributed by atoms with Gasteiger partial charge < -0.3 is 10.4 Å². The summed E-state index contributed by atoms with van der Waals surface area (Å²) in [4.78, 5) is 24.7.